The Morgan fingerprint density at radius 3 is 1.39 bits per heavy atom. The average Bonchev–Trinajstić information content (AvgIpc) is 3.04. The zero-order valence-electron chi connectivity index (χ0n) is 14.1. The van der Waals surface area contributed by atoms with Gasteiger partial charge in [-0.05, 0) is 37.5 Å². The van der Waals surface area contributed by atoms with Gasteiger partial charge < -0.3 is 21.7 Å². The molecule has 0 amide bonds. The summed E-state index contributed by atoms with van der Waals surface area (Å²) in [6.45, 7) is 4.00. The van der Waals surface area contributed by atoms with Crippen molar-refractivity contribution in [2.75, 3.05) is 0 Å². The van der Waals surface area contributed by atoms with Crippen molar-refractivity contribution in [1.29, 1.82) is 0 Å². The van der Waals surface area contributed by atoms with E-state index < -0.39 is 23.0 Å². The van der Waals surface area contributed by atoms with E-state index in [1.54, 1.807) is 0 Å². The highest BCUT2D eigenvalue weighted by Gasteiger charge is 2.45. The van der Waals surface area contributed by atoms with Crippen LogP contribution in [-0.2, 0) is 9.59 Å². The summed E-state index contributed by atoms with van der Waals surface area (Å²) in [6.07, 6.45) is 6.90. The Morgan fingerprint density at radius 1 is 0.913 bits per heavy atom. The Kier molecular flexibility index (Phi) is 8.73. The topological polar surface area (TPSA) is 127 Å². The van der Waals surface area contributed by atoms with E-state index in [0.717, 1.165) is 38.5 Å². The zero-order valence-corrected chi connectivity index (χ0v) is 15.8. The first-order chi connectivity index (χ1) is 10.2. The summed E-state index contributed by atoms with van der Waals surface area (Å²) in [7, 11) is 0. The van der Waals surface area contributed by atoms with Gasteiger partial charge in [0.2, 0.25) is 0 Å². The van der Waals surface area contributed by atoms with E-state index in [9.17, 15) is 9.59 Å². The monoisotopic (exact) mass is 394 g/mol. The van der Waals surface area contributed by atoms with Crippen molar-refractivity contribution >= 4 is 28.9 Å². The second kappa shape index (κ2) is 8.99. The molecule has 0 heterocycles. The molecule has 2 saturated carbocycles. The number of carboxylic acid groups (broad SMARTS) is 2. The summed E-state index contributed by atoms with van der Waals surface area (Å²) in [5.41, 5.74) is 9.67. The minimum absolute atomic E-state index is 0. The van der Waals surface area contributed by atoms with Crippen LogP contribution in [0.5, 0.6) is 0 Å². The highest BCUT2D eigenvalue weighted by Crippen LogP contribution is 2.36. The first-order valence-electron chi connectivity index (χ1n) is 8.26. The van der Waals surface area contributed by atoms with Crippen LogP contribution in [-0.4, -0.2) is 33.2 Å². The van der Waals surface area contributed by atoms with Gasteiger partial charge in [-0.25, -0.2) is 0 Å². The molecule has 0 saturated heterocycles. The number of nitrogens with two attached hydrogens (primary N) is 2. The molecule has 2 fully saturated rings. The van der Waals surface area contributed by atoms with Crippen LogP contribution < -0.4 is 11.5 Å². The Labute approximate surface area is 148 Å². The van der Waals surface area contributed by atoms with Crippen molar-refractivity contribution in [3.05, 3.63) is 0 Å². The Balaban J connectivity index is 0.000000403. The molecule has 0 spiro atoms. The highest BCUT2D eigenvalue weighted by molar-refractivity contribution is 8.93. The third-order valence-electron chi connectivity index (χ3n) is 5.53. The van der Waals surface area contributed by atoms with Gasteiger partial charge in [0.05, 0.1) is 0 Å². The quantitative estimate of drug-likeness (QED) is 0.579. The molecule has 0 unspecified atom stereocenters. The van der Waals surface area contributed by atoms with Crippen molar-refractivity contribution in [2.45, 2.75) is 76.3 Å². The molecular formula is C16H31BrN2O4. The normalized spacial score (nSPS) is 35.8. The lowest BCUT2D eigenvalue weighted by Crippen LogP contribution is -2.50. The summed E-state index contributed by atoms with van der Waals surface area (Å²) < 4.78 is 0. The Hall–Kier alpha value is -0.660. The molecule has 2 aliphatic carbocycles. The molecule has 0 aromatic carbocycles. The van der Waals surface area contributed by atoms with Crippen molar-refractivity contribution in [3.8, 4) is 0 Å². The third-order valence-corrected chi connectivity index (χ3v) is 5.53. The largest absolute Gasteiger partial charge is 0.480 e. The fourth-order valence-electron chi connectivity index (χ4n) is 3.91. The van der Waals surface area contributed by atoms with Crippen LogP contribution >= 0.6 is 17.0 Å². The number of rotatable bonds is 4. The third kappa shape index (κ3) is 4.67. The zero-order chi connectivity index (χ0) is 17.0. The predicted octanol–water partition coefficient (Wildman–Crippen LogP) is 2.54. The number of hydrogen-bond acceptors (Lipinski definition) is 4. The molecular weight excluding hydrogens is 364 g/mol. The number of carbonyl (C=O) groups is 2. The summed E-state index contributed by atoms with van der Waals surface area (Å²) >= 11 is 0. The molecule has 2 rings (SSSR count). The number of hydrogen-bond donors (Lipinski definition) is 4. The number of carboxylic acids is 2. The fraction of sp³-hybridized carbons (Fsp3) is 0.875. The van der Waals surface area contributed by atoms with E-state index in [-0.39, 0.29) is 28.8 Å². The van der Waals surface area contributed by atoms with E-state index in [4.69, 9.17) is 21.7 Å². The van der Waals surface area contributed by atoms with Gasteiger partial charge in [0.1, 0.15) is 11.1 Å². The lowest BCUT2D eigenvalue weighted by molar-refractivity contribution is -0.145. The van der Waals surface area contributed by atoms with Crippen LogP contribution in [0, 0.1) is 11.8 Å². The molecule has 2 aliphatic rings. The fourth-order valence-corrected chi connectivity index (χ4v) is 3.91. The molecule has 0 aliphatic heterocycles. The standard InChI is InChI=1S/2C8H15NO2.BrH/c2*1-2-6-4-3-5-8(6,9)7(10)11;/h2*6H,2-5,9H2,1H3,(H,10,11);1H/t2*6-,8+;/m10./s1. The van der Waals surface area contributed by atoms with Gasteiger partial charge in [0, 0.05) is 0 Å². The van der Waals surface area contributed by atoms with Gasteiger partial charge in [-0.3, -0.25) is 9.59 Å². The van der Waals surface area contributed by atoms with Gasteiger partial charge >= 0.3 is 11.9 Å². The van der Waals surface area contributed by atoms with Gasteiger partial charge in [-0.15, -0.1) is 17.0 Å². The molecule has 136 valence electrons. The molecule has 7 heteroatoms. The van der Waals surface area contributed by atoms with Crippen LogP contribution in [0.2, 0.25) is 0 Å². The summed E-state index contributed by atoms with van der Waals surface area (Å²) in [4.78, 5) is 21.5. The Morgan fingerprint density at radius 2 is 1.22 bits per heavy atom. The van der Waals surface area contributed by atoms with Gasteiger partial charge in [0.15, 0.2) is 0 Å². The Bertz CT molecular complexity index is 383. The first-order valence-corrected chi connectivity index (χ1v) is 8.26. The minimum atomic E-state index is -0.922. The summed E-state index contributed by atoms with van der Waals surface area (Å²) in [5, 5.41) is 17.7. The van der Waals surface area contributed by atoms with Crippen molar-refractivity contribution in [2.24, 2.45) is 23.3 Å². The van der Waals surface area contributed by atoms with E-state index in [1.807, 2.05) is 13.8 Å². The predicted molar refractivity (Wildman–Crippen MR) is 94.7 cm³/mol. The molecule has 6 nitrogen and oxygen atoms in total. The number of halogens is 1. The molecule has 6 N–H and O–H groups in total. The van der Waals surface area contributed by atoms with Gasteiger partial charge in [-0.2, -0.15) is 0 Å². The first kappa shape index (κ1) is 22.3. The molecule has 0 aromatic heterocycles. The van der Waals surface area contributed by atoms with Crippen LogP contribution in [0.3, 0.4) is 0 Å². The molecule has 4 atom stereocenters. The second-order valence-electron chi connectivity index (χ2n) is 6.69. The minimum Gasteiger partial charge on any atom is -0.480 e. The van der Waals surface area contributed by atoms with E-state index in [0.29, 0.717) is 12.8 Å². The van der Waals surface area contributed by atoms with Crippen LogP contribution in [0.15, 0.2) is 0 Å². The SMILES string of the molecule is Br.CC[C@@H]1CCC[C@@]1(N)C(=O)O.CC[C@H]1CCC[C@]1(N)C(=O)O. The van der Waals surface area contributed by atoms with E-state index >= 15 is 0 Å². The lowest BCUT2D eigenvalue weighted by atomic mass is 9.86. The maximum Gasteiger partial charge on any atom is 0.323 e. The van der Waals surface area contributed by atoms with Crippen molar-refractivity contribution in [1.82, 2.24) is 0 Å². The number of aliphatic carboxylic acids is 2. The maximum atomic E-state index is 10.8. The van der Waals surface area contributed by atoms with Crippen molar-refractivity contribution in [3.63, 3.8) is 0 Å². The summed E-state index contributed by atoms with van der Waals surface area (Å²) in [6, 6.07) is 0. The van der Waals surface area contributed by atoms with Crippen LogP contribution in [0.1, 0.15) is 65.2 Å². The average molecular weight is 395 g/mol. The lowest BCUT2D eigenvalue weighted by Gasteiger charge is -2.25. The van der Waals surface area contributed by atoms with Crippen LogP contribution in [0.4, 0.5) is 0 Å². The van der Waals surface area contributed by atoms with Gasteiger partial charge in [0.25, 0.3) is 0 Å². The maximum absolute atomic E-state index is 10.8. The molecule has 23 heavy (non-hydrogen) atoms. The van der Waals surface area contributed by atoms with Crippen LogP contribution in [0.25, 0.3) is 0 Å². The van der Waals surface area contributed by atoms with Gasteiger partial charge in [-0.1, -0.05) is 39.5 Å². The van der Waals surface area contributed by atoms with Crippen molar-refractivity contribution < 1.29 is 19.8 Å². The highest BCUT2D eigenvalue weighted by atomic mass is 79.9. The molecule has 0 radical (unpaired) electrons. The molecule has 0 bridgehead atoms. The van der Waals surface area contributed by atoms with E-state index in [1.165, 1.54) is 0 Å². The second-order valence-corrected chi connectivity index (χ2v) is 6.69. The summed E-state index contributed by atoms with van der Waals surface area (Å²) in [5.74, 6) is -1.30. The molecule has 0 aromatic rings. The smallest absolute Gasteiger partial charge is 0.323 e. The van der Waals surface area contributed by atoms with E-state index in [2.05, 4.69) is 0 Å².